The number of sulfone groups is 1. The van der Waals surface area contributed by atoms with Crippen LogP contribution >= 0.6 is 15.9 Å². The third kappa shape index (κ3) is 7.30. The average molecular weight is 664 g/mol. The van der Waals surface area contributed by atoms with Gasteiger partial charge in [0.15, 0.2) is 9.84 Å². The number of alkyl carbamates (subject to hydrolysis) is 1. The number of carbonyl (C=O) groups excluding carboxylic acids is 4. The van der Waals surface area contributed by atoms with Gasteiger partial charge in [-0.3, -0.25) is 19.3 Å². The molecule has 4 rings (SSSR count). The second-order valence-electron chi connectivity index (χ2n) is 11.6. The molecule has 11 nitrogen and oxygen atoms in total. The van der Waals surface area contributed by atoms with E-state index in [-0.39, 0.29) is 17.9 Å². The molecule has 2 aromatic carbocycles. The first kappa shape index (κ1) is 31.5. The van der Waals surface area contributed by atoms with Gasteiger partial charge < -0.3 is 20.7 Å². The maximum Gasteiger partial charge on any atom is 0.408 e. The zero-order valence-electron chi connectivity index (χ0n) is 24.1. The Hall–Kier alpha value is -3.45. The van der Waals surface area contributed by atoms with Crippen molar-refractivity contribution in [2.45, 2.75) is 82.1 Å². The van der Waals surface area contributed by atoms with Crippen LogP contribution in [0.1, 0.15) is 50.8 Å². The molecule has 0 spiro atoms. The van der Waals surface area contributed by atoms with Crippen LogP contribution in [0.5, 0.6) is 0 Å². The Balaban J connectivity index is 1.46. The molecule has 3 atom stereocenters. The molecule has 226 valence electrons. The second kappa shape index (κ2) is 12.0. The van der Waals surface area contributed by atoms with E-state index in [2.05, 4.69) is 31.9 Å². The Morgan fingerprint density at radius 3 is 2.38 bits per heavy atom. The van der Waals surface area contributed by atoms with E-state index in [4.69, 9.17) is 4.74 Å². The number of halogens is 1. The number of aryl methyl sites for hydroxylation is 1. The smallest absolute Gasteiger partial charge is 0.408 e. The number of nitrogens with zero attached hydrogens (tertiary/aromatic N) is 1. The van der Waals surface area contributed by atoms with Crippen LogP contribution in [-0.4, -0.2) is 62.2 Å². The lowest BCUT2D eigenvalue weighted by Gasteiger charge is -2.29. The molecule has 0 saturated heterocycles. The fourth-order valence-electron chi connectivity index (χ4n) is 5.05. The summed E-state index contributed by atoms with van der Waals surface area (Å²) in [5.74, 6) is -1.36. The number of anilines is 1. The van der Waals surface area contributed by atoms with Gasteiger partial charge in [-0.25, -0.2) is 13.2 Å². The van der Waals surface area contributed by atoms with Gasteiger partial charge in [0.1, 0.15) is 23.7 Å². The van der Waals surface area contributed by atoms with Gasteiger partial charge in [0.25, 0.3) is 0 Å². The number of hydrogen-bond donors (Lipinski definition) is 3. The lowest BCUT2D eigenvalue weighted by Crippen LogP contribution is -2.57. The molecule has 0 aromatic heterocycles. The molecular formula is C29H35BrN4O7S. The largest absolute Gasteiger partial charge is 0.444 e. The van der Waals surface area contributed by atoms with Gasteiger partial charge in [-0.2, -0.15) is 0 Å². The first-order valence-corrected chi connectivity index (χ1v) is 16.2. The van der Waals surface area contributed by atoms with Crippen LogP contribution in [0.15, 0.2) is 45.8 Å². The highest BCUT2D eigenvalue weighted by Crippen LogP contribution is 2.41. The molecular weight excluding hydrogens is 628 g/mol. The zero-order chi connectivity index (χ0) is 31.0. The topological polar surface area (TPSA) is 151 Å². The van der Waals surface area contributed by atoms with Gasteiger partial charge in [0.05, 0.1) is 10.6 Å². The van der Waals surface area contributed by atoms with Crippen molar-refractivity contribution in [1.82, 2.24) is 16.0 Å². The maximum atomic E-state index is 13.8. The van der Waals surface area contributed by atoms with Gasteiger partial charge in [-0.1, -0.05) is 28.1 Å². The number of nitrogens with one attached hydrogen (secondary N) is 3. The minimum absolute atomic E-state index is 0.137. The van der Waals surface area contributed by atoms with E-state index in [1.165, 1.54) is 17.0 Å². The summed E-state index contributed by atoms with van der Waals surface area (Å²) in [6.45, 7) is 6.87. The van der Waals surface area contributed by atoms with Crippen LogP contribution in [0.2, 0.25) is 0 Å². The Kier molecular flexibility index (Phi) is 9.02. The average Bonchev–Trinajstić information content (AvgIpc) is 3.21. The predicted molar refractivity (Wildman–Crippen MR) is 160 cm³/mol. The molecule has 0 saturated carbocycles. The Labute approximate surface area is 253 Å². The van der Waals surface area contributed by atoms with Gasteiger partial charge in [-0.15, -0.1) is 0 Å². The quantitative estimate of drug-likeness (QED) is 0.412. The Bertz CT molecular complexity index is 1520. The molecule has 0 bridgehead atoms. The lowest BCUT2D eigenvalue weighted by molar-refractivity contribution is -0.130. The summed E-state index contributed by atoms with van der Waals surface area (Å²) in [7, 11) is -3.33. The predicted octanol–water partition coefficient (Wildman–Crippen LogP) is 2.77. The van der Waals surface area contributed by atoms with E-state index in [0.717, 1.165) is 21.9 Å². The zero-order valence-corrected chi connectivity index (χ0v) is 26.5. The first-order valence-electron chi connectivity index (χ1n) is 13.5. The number of rotatable bonds is 7. The fourth-order valence-corrected chi connectivity index (χ4v) is 6.23. The third-order valence-corrected chi connectivity index (χ3v) is 8.59. The summed E-state index contributed by atoms with van der Waals surface area (Å²) in [4.78, 5) is 54.3. The van der Waals surface area contributed by atoms with E-state index in [0.29, 0.717) is 24.1 Å². The van der Waals surface area contributed by atoms with Crippen molar-refractivity contribution in [3.05, 3.63) is 57.6 Å². The van der Waals surface area contributed by atoms with Crippen LogP contribution < -0.4 is 20.9 Å². The summed E-state index contributed by atoms with van der Waals surface area (Å²) in [6.07, 6.45) is 1.48. The van der Waals surface area contributed by atoms with Crippen LogP contribution in [0.3, 0.4) is 0 Å². The number of carbonyl (C=O) groups is 4. The van der Waals surface area contributed by atoms with Gasteiger partial charge in [-0.05, 0) is 81.5 Å². The molecule has 13 heteroatoms. The van der Waals surface area contributed by atoms with E-state index in [1.807, 2.05) is 12.1 Å². The summed E-state index contributed by atoms with van der Waals surface area (Å²) in [6, 6.07) is 7.21. The number of ether oxygens (including phenoxy) is 1. The highest BCUT2D eigenvalue weighted by molar-refractivity contribution is 9.10. The molecule has 4 amide bonds. The summed E-state index contributed by atoms with van der Waals surface area (Å²) >= 11 is 3.52. The van der Waals surface area contributed by atoms with E-state index < -0.39 is 57.4 Å². The monoisotopic (exact) mass is 662 g/mol. The minimum atomic E-state index is -3.33. The SMILES string of the molecule is C[C@H](NC(=O)[C@@H]1Cc2cc(Br)cc3c2N1C(=O)[C@@H](NC(=O)OC(C)(C)C)CC3)C(=O)NCc1ccc(S(C)(=O)=O)cc1. The molecule has 2 heterocycles. The first-order chi connectivity index (χ1) is 19.5. The molecule has 42 heavy (non-hydrogen) atoms. The van der Waals surface area contributed by atoms with E-state index >= 15 is 0 Å². The van der Waals surface area contributed by atoms with Crippen LogP contribution in [-0.2, 0) is 48.3 Å². The van der Waals surface area contributed by atoms with E-state index in [1.54, 1.807) is 39.8 Å². The number of amides is 4. The molecule has 0 fully saturated rings. The Morgan fingerprint density at radius 1 is 1.12 bits per heavy atom. The number of benzene rings is 2. The third-order valence-electron chi connectivity index (χ3n) is 7.00. The maximum absolute atomic E-state index is 13.8. The molecule has 2 aromatic rings. The fraction of sp³-hybridized carbons (Fsp3) is 0.448. The van der Waals surface area contributed by atoms with Crippen molar-refractivity contribution in [3.8, 4) is 0 Å². The summed E-state index contributed by atoms with van der Waals surface area (Å²) in [5, 5.41) is 8.13. The highest BCUT2D eigenvalue weighted by atomic mass is 79.9. The highest BCUT2D eigenvalue weighted by Gasteiger charge is 2.45. The van der Waals surface area contributed by atoms with Gasteiger partial charge in [0, 0.05) is 23.7 Å². The van der Waals surface area contributed by atoms with Gasteiger partial charge in [0.2, 0.25) is 17.7 Å². The van der Waals surface area contributed by atoms with Crippen molar-refractivity contribution in [3.63, 3.8) is 0 Å². The van der Waals surface area contributed by atoms with E-state index in [9.17, 15) is 27.6 Å². The normalized spacial score (nSPS) is 18.9. The van der Waals surface area contributed by atoms with Crippen molar-refractivity contribution >= 4 is 55.3 Å². The molecule has 2 aliphatic rings. The van der Waals surface area contributed by atoms with Crippen LogP contribution in [0, 0.1) is 0 Å². The lowest BCUT2D eigenvalue weighted by atomic mass is 10.0. The number of hydrogen-bond acceptors (Lipinski definition) is 7. The molecule has 0 unspecified atom stereocenters. The molecule has 3 N–H and O–H groups in total. The van der Waals surface area contributed by atoms with Crippen molar-refractivity contribution < 1.29 is 32.3 Å². The standard InChI is InChI=1S/C29H35BrN4O7S/c1-16(25(35)31-15-17-6-9-21(10-7-17)42(5,39)40)32-26(36)23-14-19-13-20(30)12-18-8-11-22(27(37)34(23)24(18)19)33-28(38)41-29(2,3)4/h6-7,9-10,12-13,16,22-23H,8,11,14-15H2,1-5H3,(H,31,35)(H,32,36)(H,33,38)/t16-,22-,23-/m0/s1. The minimum Gasteiger partial charge on any atom is -0.444 e. The molecule has 2 aliphatic heterocycles. The summed E-state index contributed by atoms with van der Waals surface area (Å²) in [5.41, 5.74) is 2.30. The molecule has 0 aliphatic carbocycles. The summed E-state index contributed by atoms with van der Waals surface area (Å²) < 4.78 is 29.5. The van der Waals surface area contributed by atoms with Gasteiger partial charge >= 0.3 is 6.09 Å². The Morgan fingerprint density at radius 2 is 1.76 bits per heavy atom. The van der Waals surface area contributed by atoms with Crippen molar-refractivity contribution in [2.75, 3.05) is 11.2 Å². The second-order valence-corrected chi connectivity index (χ2v) is 14.5. The molecule has 0 radical (unpaired) electrons. The van der Waals surface area contributed by atoms with Crippen LogP contribution in [0.25, 0.3) is 0 Å². The van der Waals surface area contributed by atoms with Crippen molar-refractivity contribution in [1.29, 1.82) is 0 Å². The van der Waals surface area contributed by atoms with Crippen LogP contribution in [0.4, 0.5) is 10.5 Å². The van der Waals surface area contributed by atoms with Crippen molar-refractivity contribution in [2.24, 2.45) is 0 Å².